The highest BCUT2D eigenvalue weighted by atomic mass is 19.1. The Morgan fingerprint density at radius 3 is 2.88 bits per heavy atom. The molecule has 0 spiro atoms. The molecule has 1 saturated heterocycles. The maximum Gasteiger partial charge on any atom is 0.163 e. The maximum absolute atomic E-state index is 13.0. The lowest BCUT2D eigenvalue weighted by molar-refractivity contribution is 0.101. The van der Waals surface area contributed by atoms with Crippen LogP contribution in [0.4, 0.5) is 4.39 Å². The fourth-order valence-electron chi connectivity index (χ4n) is 1.34. The van der Waals surface area contributed by atoms with Crippen LogP contribution in [-0.4, -0.2) is 24.6 Å². The second-order valence-electron chi connectivity index (χ2n) is 4.22. The second-order valence-corrected chi connectivity index (χ2v) is 4.22. The van der Waals surface area contributed by atoms with Crippen LogP contribution in [0.2, 0.25) is 0 Å². The molecule has 2 rings (SSSR count). The number of ether oxygens (including phenoxy) is 2. The first kappa shape index (κ1) is 11.1. The van der Waals surface area contributed by atoms with Crippen LogP contribution < -0.4 is 4.74 Å². The topological polar surface area (TPSA) is 38.8 Å². The summed E-state index contributed by atoms with van der Waals surface area (Å²) in [6.45, 7) is 4.34. The Bertz CT molecular complexity index is 424. The lowest BCUT2D eigenvalue weighted by Gasteiger charge is -2.11. The number of ketones is 1. The third-order valence-electron chi connectivity index (χ3n) is 2.49. The third kappa shape index (κ3) is 2.39. The van der Waals surface area contributed by atoms with E-state index in [1.807, 2.05) is 6.92 Å². The van der Waals surface area contributed by atoms with Crippen molar-refractivity contribution in [1.82, 2.24) is 0 Å². The molecule has 86 valence electrons. The highest BCUT2D eigenvalue weighted by Crippen LogP contribution is 2.28. The van der Waals surface area contributed by atoms with Gasteiger partial charge < -0.3 is 9.47 Å². The number of hydrogen-bond acceptors (Lipinski definition) is 3. The Labute approximate surface area is 93.2 Å². The molecule has 1 aliphatic rings. The summed E-state index contributed by atoms with van der Waals surface area (Å²) < 4.78 is 23.6. The van der Waals surface area contributed by atoms with Crippen molar-refractivity contribution >= 4 is 5.78 Å². The van der Waals surface area contributed by atoms with Gasteiger partial charge in [0, 0.05) is 0 Å². The molecule has 1 fully saturated rings. The van der Waals surface area contributed by atoms with E-state index >= 15 is 0 Å². The monoisotopic (exact) mass is 224 g/mol. The first-order chi connectivity index (χ1) is 7.50. The Morgan fingerprint density at radius 1 is 1.62 bits per heavy atom. The fraction of sp³-hybridized carbons (Fsp3) is 0.417. The van der Waals surface area contributed by atoms with Gasteiger partial charge in [0.15, 0.2) is 5.78 Å². The van der Waals surface area contributed by atoms with Gasteiger partial charge in [-0.2, -0.15) is 0 Å². The van der Waals surface area contributed by atoms with Crippen molar-refractivity contribution in [3.05, 3.63) is 29.6 Å². The van der Waals surface area contributed by atoms with Crippen molar-refractivity contribution in [2.75, 3.05) is 13.2 Å². The van der Waals surface area contributed by atoms with Crippen molar-refractivity contribution < 1.29 is 18.7 Å². The molecular weight excluding hydrogens is 211 g/mol. The van der Waals surface area contributed by atoms with Gasteiger partial charge in [-0.25, -0.2) is 4.39 Å². The first-order valence-corrected chi connectivity index (χ1v) is 5.07. The number of epoxide rings is 1. The molecule has 0 bridgehead atoms. The van der Waals surface area contributed by atoms with Gasteiger partial charge in [-0.15, -0.1) is 0 Å². The molecular formula is C12H13FO3. The molecule has 3 nitrogen and oxygen atoms in total. The third-order valence-corrected chi connectivity index (χ3v) is 2.49. The van der Waals surface area contributed by atoms with Gasteiger partial charge in [-0.1, -0.05) is 0 Å². The molecule has 0 N–H and O–H groups in total. The Morgan fingerprint density at radius 2 is 2.31 bits per heavy atom. The predicted octanol–water partition coefficient (Wildman–Crippen LogP) is 2.20. The number of hydrogen-bond donors (Lipinski definition) is 0. The summed E-state index contributed by atoms with van der Waals surface area (Å²) >= 11 is 0. The SMILES string of the molecule is CC(=O)c1cc(F)ccc1OCC1(C)CO1. The Hall–Kier alpha value is -1.42. The zero-order chi connectivity index (χ0) is 11.8. The molecule has 1 atom stereocenters. The zero-order valence-corrected chi connectivity index (χ0v) is 9.25. The van der Waals surface area contributed by atoms with Crippen molar-refractivity contribution in [1.29, 1.82) is 0 Å². The van der Waals surface area contributed by atoms with E-state index in [9.17, 15) is 9.18 Å². The first-order valence-electron chi connectivity index (χ1n) is 5.07. The van der Waals surface area contributed by atoms with Gasteiger partial charge in [-0.05, 0) is 32.0 Å². The van der Waals surface area contributed by atoms with E-state index in [0.29, 0.717) is 19.0 Å². The number of halogens is 1. The van der Waals surface area contributed by atoms with Crippen LogP contribution in [0.15, 0.2) is 18.2 Å². The van der Waals surface area contributed by atoms with Crippen molar-refractivity contribution in [3.63, 3.8) is 0 Å². The molecule has 0 aromatic heterocycles. The van der Waals surface area contributed by atoms with E-state index in [1.165, 1.54) is 25.1 Å². The standard InChI is InChI=1S/C12H13FO3/c1-8(14)10-5-9(13)3-4-11(10)15-6-12(2)7-16-12/h3-5H,6-7H2,1-2H3. The number of carbonyl (C=O) groups excluding carboxylic acids is 1. The molecule has 1 aromatic rings. The van der Waals surface area contributed by atoms with Crippen LogP contribution in [0, 0.1) is 5.82 Å². The van der Waals surface area contributed by atoms with Gasteiger partial charge in [0.1, 0.15) is 23.8 Å². The van der Waals surface area contributed by atoms with Crippen LogP contribution in [0.25, 0.3) is 0 Å². The van der Waals surface area contributed by atoms with Gasteiger partial charge in [0.2, 0.25) is 0 Å². The molecule has 1 aromatic carbocycles. The summed E-state index contributed by atoms with van der Waals surface area (Å²) in [5, 5.41) is 0. The number of Topliss-reactive ketones (excluding diaryl/α,β-unsaturated/α-hetero) is 1. The van der Waals surface area contributed by atoms with E-state index in [-0.39, 0.29) is 16.9 Å². The molecule has 4 heteroatoms. The van der Waals surface area contributed by atoms with Crippen LogP contribution in [-0.2, 0) is 4.74 Å². The average Bonchev–Trinajstić information content (AvgIpc) is 2.95. The smallest absolute Gasteiger partial charge is 0.163 e. The van der Waals surface area contributed by atoms with Crippen molar-refractivity contribution in [3.8, 4) is 5.75 Å². The summed E-state index contributed by atoms with van der Waals surface area (Å²) in [5.41, 5.74) is 0.0202. The molecule has 0 saturated carbocycles. The highest BCUT2D eigenvalue weighted by molar-refractivity contribution is 5.96. The van der Waals surface area contributed by atoms with Gasteiger partial charge >= 0.3 is 0 Å². The van der Waals surface area contributed by atoms with E-state index in [1.54, 1.807) is 0 Å². The zero-order valence-electron chi connectivity index (χ0n) is 9.25. The summed E-state index contributed by atoms with van der Waals surface area (Å²) in [4.78, 5) is 11.3. The number of benzene rings is 1. The van der Waals surface area contributed by atoms with E-state index < -0.39 is 5.82 Å². The minimum absolute atomic E-state index is 0.212. The van der Waals surface area contributed by atoms with Gasteiger partial charge in [0.25, 0.3) is 0 Å². The summed E-state index contributed by atoms with van der Waals surface area (Å²) in [6, 6.07) is 3.93. The second kappa shape index (κ2) is 3.87. The van der Waals surface area contributed by atoms with Crippen molar-refractivity contribution in [2.24, 2.45) is 0 Å². The molecule has 1 heterocycles. The largest absolute Gasteiger partial charge is 0.490 e. The van der Waals surface area contributed by atoms with Crippen molar-refractivity contribution in [2.45, 2.75) is 19.4 Å². The number of rotatable bonds is 4. The molecule has 0 radical (unpaired) electrons. The van der Waals surface area contributed by atoms with Gasteiger partial charge in [-0.3, -0.25) is 4.79 Å². The van der Waals surface area contributed by atoms with Gasteiger partial charge in [0.05, 0.1) is 12.2 Å². The van der Waals surface area contributed by atoms with Crippen LogP contribution in [0.3, 0.4) is 0 Å². The molecule has 0 amide bonds. The minimum Gasteiger partial charge on any atom is -0.490 e. The maximum atomic E-state index is 13.0. The van der Waals surface area contributed by atoms with Crippen LogP contribution >= 0.6 is 0 Å². The molecule has 0 aliphatic carbocycles. The van der Waals surface area contributed by atoms with E-state index in [4.69, 9.17) is 9.47 Å². The lowest BCUT2D eigenvalue weighted by atomic mass is 10.1. The minimum atomic E-state index is -0.438. The van der Waals surface area contributed by atoms with E-state index in [0.717, 1.165) is 0 Å². The van der Waals surface area contributed by atoms with Crippen LogP contribution in [0.1, 0.15) is 24.2 Å². The summed E-state index contributed by atoms with van der Waals surface area (Å²) in [6.07, 6.45) is 0. The van der Waals surface area contributed by atoms with E-state index in [2.05, 4.69) is 0 Å². The summed E-state index contributed by atoms with van der Waals surface area (Å²) in [5.74, 6) is -0.242. The number of carbonyl (C=O) groups is 1. The molecule has 1 aliphatic heterocycles. The normalized spacial score (nSPS) is 22.9. The summed E-state index contributed by atoms with van der Waals surface area (Å²) in [7, 11) is 0. The highest BCUT2D eigenvalue weighted by Gasteiger charge is 2.40. The quantitative estimate of drug-likeness (QED) is 0.581. The van der Waals surface area contributed by atoms with Crippen LogP contribution in [0.5, 0.6) is 5.75 Å². The Kier molecular flexibility index (Phi) is 2.68. The lowest BCUT2D eigenvalue weighted by Crippen LogP contribution is -2.18. The molecule has 16 heavy (non-hydrogen) atoms. The average molecular weight is 224 g/mol. The fourth-order valence-corrected chi connectivity index (χ4v) is 1.34. The molecule has 1 unspecified atom stereocenters. The Balaban J connectivity index is 2.15. The predicted molar refractivity (Wildman–Crippen MR) is 56.3 cm³/mol.